The van der Waals surface area contributed by atoms with Crippen LogP contribution in [0.2, 0.25) is 0 Å². The number of hydrogen-bond acceptors (Lipinski definition) is 5. The topological polar surface area (TPSA) is 101 Å². The second kappa shape index (κ2) is 4.03. The molecule has 0 radical (unpaired) electrons. The van der Waals surface area contributed by atoms with E-state index in [1.54, 1.807) is 6.19 Å². The summed E-state index contributed by atoms with van der Waals surface area (Å²) in [4.78, 5) is 9.35. The summed E-state index contributed by atoms with van der Waals surface area (Å²) in [5.74, 6) is 0.144. The zero-order valence-corrected chi connectivity index (χ0v) is 10.3. The molecule has 5 nitrogen and oxygen atoms in total. The van der Waals surface area contributed by atoms with Gasteiger partial charge in [0.25, 0.3) is 0 Å². The molecule has 0 aliphatic heterocycles. The van der Waals surface area contributed by atoms with Crippen molar-refractivity contribution in [1.29, 1.82) is 5.26 Å². The second-order valence-corrected chi connectivity index (χ2v) is 4.70. The predicted molar refractivity (Wildman–Crippen MR) is 69.8 cm³/mol. The van der Waals surface area contributed by atoms with Crippen LogP contribution in [-0.4, -0.2) is 10.8 Å². The fourth-order valence-electron chi connectivity index (χ4n) is 1.76. The van der Waals surface area contributed by atoms with Crippen LogP contribution >= 0.6 is 11.3 Å². The Morgan fingerprint density at radius 2 is 2.24 bits per heavy atom. The highest BCUT2D eigenvalue weighted by atomic mass is 32.1. The molecule has 0 unspecified atom stereocenters. The molecule has 2 aromatic heterocycles. The summed E-state index contributed by atoms with van der Waals surface area (Å²) in [7, 11) is 0. The van der Waals surface area contributed by atoms with Crippen LogP contribution < -0.4 is 11.5 Å². The number of amidine groups is 1. The van der Waals surface area contributed by atoms with Crippen molar-refractivity contribution >= 4 is 33.1 Å². The first kappa shape index (κ1) is 11.4. The van der Waals surface area contributed by atoms with Crippen LogP contribution in [-0.2, 0) is 0 Å². The number of pyridine rings is 1. The van der Waals surface area contributed by atoms with E-state index < -0.39 is 0 Å². The molecule has 0 aliphatic rings. The van der Waals surface area contributed by atoms with E-state index in [2.05, 4.69) is 9.98 Å². The van der Waals surface area contributed by atoms with Gasteiger partial charge in [0.1, 0.15) is 4.83 Å². The quantitative estimate of drug-likeness (QED) is 0.453. The van der Waals surface area contributed by atoms with Crippen molar-refractivity contribution in [1.82, 2.24) is 4.98 Å². The van der Waals surface area contributed by atoms with Crippen molar-refractivity contribution in [3.63, 3.8) is 0 Å². The standard InChI is InChI=1S/C11H11N5S/c1-5-3-6(2)16-11-7(5)8(13)9(17-11)10(14)15-4-12/h3H,13H2,1-2H3,(H2,14,15). The van der Waals surface area contributed by atoms with Crippen LogP contribution in [0.15, 0.2) is 11.1 Å². The molecule has 4 N–H and O–H groups in total. The molecular formula is C11H11N5S. The average Bonchev–Trinajstić information content (AvgIpc) is 2.56. The molecule has 0 aliphatic carbocycles. The Morgan fingerprint density at radius 3 is 2.88 bits per heavy atom. The number of nitrogen functional groups attached to an aromatic ring is 1. The van der Waals surface area contributed by atoms with Gasteiger partial charge in [0.15, 0.2) is 5.84 Å². The minimum Gasteiger partial charge on any atom is -0.397 e. The Morgan fingerprint density at radius 1 is 1.53 bits per heavy atom. The lowest BCUT2D eigenvalue weighted by Gasteiger charge is -1.99. The molecule has 0 saturated carbocycles. The van der Waals surface area contributed by atoms with Gasteiger partial charge in [-0.2, -0.15) is 10.3 Å². The van der Waals surface area contributed by atoms with Crippen molar-refractivity contribution < 1.29 is 0 Å². The van der Waals surface area contributed by atoms with Crippen molar-refractivity contribution in [3.05, 3.63) is 22.2 Å². The first-order valence-electron chi connectivity index (χ1n) is 4.93. The van der Waals surface area contributed by atoms with Crippen LogP contribution in [0.25, 0.3) is 10.2 Å². The van der Waals surface area contributed by atoms with Crippen LogP contribution in [0, 0.1) is 25.3 Å². The molecule has 0 bridgehead atoms. The monoisotopic (exact) mass is 245 g/mol. The molecule has 2 aromatic rings. The number of fused-ring (bicyclic) bond motifs is 1. The van der Waals surface area contributed by atoms with Crippen LogP contribution in [0.5, 0.6) is 0 Å². The molecular weight excluding hydrogens is 234 g/mol. The number of nitrogens with zero attached hydrogens (tertiary/aromatic N) is 3. The van der Waals surface area contributed by atoms with Gasteiger partial charge in [-0.15, -0.1) is 11.3 Å². The minimum absolute atomic E-state index is 0.144. The van der Waals surface area contributed by atoms with Crippen molar-refractivity contribution in [2.75, 3.05) is 5.73 Å². The first-order valence-corrected chi connectivity index (χ1v) is 5.75. The number of aromatic nitrogens is 1. The summed E-state index contributed by atoms with van der Waals surface area (Å²) in [5.41, 5.74) is 14.2. The highest BCUT2D eigenvalue weighted by Gasteiger charge is 2.15. The fourth-order valence-corrected chi connectivity index (χ4v) is 2.88. The maximum Gasteiger partial charge on any atom is 0.207 e. The molecule has 0 fully saturated rings. The Labute approximate surface area is 102 Å². The number of anilines is 1. The van der Waals surface area contributed by atoms with Crippen LogP contribution in [0.4, 0.5) is 5.69 Å². The maximum absolute atomic E-state index is 8.49. The second-order valence-electron chi connectivity index (χ2n) is 3.70. The molecule has 0 aromatic carbocycles. The van der Waals surface area contributed by atoms with Crippen LogP contribution in [0.3, 0.4) is 0 Å². The number of thiophene rings is 1. The van der Waals surface area contributed by atoms with E-state index in [-0.39, 0.29) is 5.84 Å². The van der Waals surface area contributed by atoms with Crippen molar-refractivity contribution in [2.45, 2.75) is 13.8 Å². The molecule has 0 amide bonds. The summed E-state index contributed by atoms with van der Waals surface area (Å²) >= 11 is 1.36. The lowest BCUT2D eigenvalue weighted by atomic mass is 10.1. The van der Waals surface area contributed by atoms with Gasteiger partial charge in [-0.1, -0.05) is 0 Å². The van der Waals surface area contributed by atoms with E-state index in [9.17, 15) is 0 Å². The number of aryl methyl sites for hydroxylation is 2. The molecule has 0 saturated heterocycles. The molecule has 86 valence electrons. The SMILES string of the molecule is Cc1cc(C)c2c(N)c(C(N)=NC#N)sc2n1. The van der Waals surface area contributed by atoms with E-state index >= 15 is 0 Å². The predicted octanol–water partition coefficient (Wildman–Crippen LogP) is 1.68. The third-order valence-electron chi connectivity index (χ3n) is 2.43. The normalized spacial score (nSPS) is 11.7. The van der Waals surface area contributed by atoms with E-state index in [1.807, 2.05) is 19.9 Å². The van der Waals surface area contributed by atoms with Gasteiger partial charge in [-0.3, -0.25) is 0 Å². The zero-order valence-electron chi connectivity index (χ0n) is 9.48. The summed E-state index contributed by atoms with van der Waals surface area (Å²) in [6, 6.07) is 1.97. The highest BCUT2D eigenvalue weighted by Crippen LogP contribution is 2.34. The van der Waals surface area contributed by atoms with Gasteiger partial charge in [-0.05, 0) is 25.5 Å². The first-order chi connectivity index (χ1) is 8.04. The zero-order chi connectivity index (χ0) is 12.6. The number of nitriles is 1. The Hall–Kier alpha value is -2.13. The largest absolute Gasteiger partial charge is 0.397 e. The summed E-state index contributed by atoms with van der Waals surface area (Å²) < 4.78 is 0. The summed E-state index contributed by atoms with van der Waals surface area (Å²) in [6.07, 6.45) is 1.66. The minimum atomic E-state index is 0.144. The number of rotatable bonds is 1. The van der Waals surface area contributed by atoms with Gasteiger partial charge in [0, 0.05) is 11.1 Å². The van der Waals surface area contributed by atoms with Gasteiger partial charge >= 0.3 is 0 Å². The third-order valence-corrected chi connectivity index (χ3v) is 3.55. The van der Waals surface area contributed by atoms with Crippen molar-refractivity contribution in [2.24, 2.45) is 10.7 Å². The molecule has 0 spiro atoms. The Balaban J connectivity index is 2.78. The van der Waals surface area contributed by atoms with E-state index in [4.69, 9.17) is 16.7 Å². The third kappa shape index (κ3) is 1.81. The molecule has 2 heterocycles. The Bertz CT molecular complexity index is 663. The molecule has 0 atom stereocenters. The van der Waals surface area contributed by atoms with Crippen LogP contribution in [0.1, 0.15) is 16.1 Å². The molecule has 17 heavy (non-hydrogen) atoms. The highest BCUT2D eigenvalue weighted by molar-refractivity contribution is 7.21. The molecule has 6 heteroatoms. The lowest BCUT2D eigenvalue weighted by Crippen LogP contribution is -2.12. The average molecular weight is 245 g/mol. The smallest absolute Gasteiger partial charge is 0.207 e. The maximum atomic E-state index is 8.49. The fraction of sp³-hybridized carbons (Fsp3) is 0.182. The number of nitrogens with two attached hydrogens (primary N) is 2. The number of aliphatic imine (C=N–C) groups is 1. The summed E-state index contributed by atoms with van der Waals surface area (Å²) in [6.45, 7) is 3.90. The van der Waals surface area contributed by atoms with E-state index in [0.717, 1.165) is 21.5 Å². The lowest BCUT2D eigenvalue weighted by molar-refractivity contribution is 1.25. The van der Waals surface area contributed by atoms with E-state index in [1.165, 1.54) is 11.3 Å². The van der Waals surface area contributed by atoms with E-state index in [0.29, 0.717) is 10.6 Å². The summed E-state index contributed by atoms with van der Waals surface area (Å²) in [5, 5.41) is 9.39. The van der Waals surface area contributed by atoms with Gasteiger partial charge < -0.3 is 11.5 Å². The van der Waals surface area contributed by atoms with Crippen molar-refractivity contribution in [3.8, 4) is 6.19 Å². The van der Waals surface area contributed by atoms with Gasteiger partial charge in [0.05, 0.1) is 10.6 Å². The van der Waals surface area contributed by atoms with Gasteiger partial charge in [-0.25, -0.2) is 4.98 Å². The Kier molecular flexibility index (Phi) is 2.69. The van der Waals surface area contributed by atoms with Gasteiger partial charge in [0.2, 0.25) is 6.19 Å². The molecule has 2 rings (SSSR count). The number of hydrogen-bond donors (Lipinski definition) is 2.